The highest BCUT2D eigenvalue weighted by molar-refractivity contribution is 4.87. The summed E-state index contributed by atoms with van der Waals surface area (Å²) >= 11 is 0. The van der Waals surface area contributed by atoms with Crippen molar-refractivity contribution in [1.82, 2.24) is 4.90 Å². The van der Waals surface area contributed by atoms with E-state index < -0.39 is 11.8 Å². The largest absolute Gasteiger partial charge is 0.300 e. The summed E-state index contributed by atoms with van der Waals surface area (Å²) in [7, 11) is 1.74. The standard InChI is InChI=1S/C7H13F2N.C2H6/c1-3-6-4-10(2)5-7(6,8)9;1-2/h6H,3-5H2,1-2H3;1-2H3. The second kappa shape index (κ2) is 4.75. The van der Waals surface area contributed by atoms with Gasteiger partial charge in [-0.3, -0.25) is 0 Å². The Bertz CT molecular complexity index is 126. The maximum absolute atomic E-state index is 12.8. The number of nitrogens with zero attached hydrogens (tertiary/aromatic N) is 1. The minimum absolute atomic E-state index is 0.0640. The highest BCUT2D eigenvalue weighted by atomic mass is 19.3. The van der Waals surface area contributed by atoms with Crippen LogP contribution in [0.2, 0.25) is 0 Å². The van der Waals surface area contributed by atoms with Gasteiger partial charge in [-0.15, -0.1) is 0 Å². The van der Waals surface area contributed by atoms with Gasteiger partial charge in [-0.2, -0.15) is 0 Å². The molecule has 0 amide bonds. The van der Waals surface area contributed by atoms with Crippen LogP contribution in [-0.2, 0) is 0 Å². The molecule has 0 N–H and O–H groups in total. The normalized spacial score (nSPS) is 28.0. The van der Waals surface area contributed by atoms with Crippen LogP contribution in [0, 0.1) is 5.92 Å². The van der Waals surface area contributed by atoms with E-state index in [1.165, 1.54) is 0 Å². The van der Waals surface area contributed by atoms with E-state index >= 15 is 0 Å². The molecule has 1 atom stereocenters. The molecule has 1 rings (SSSR count). The number of likely N-dealkylation sites (tertiary alicyclic amines) is 1. The van der Waals surface area contributed by atoms with Gasteiger partial charge in [0.2, 0.25) is 0 Å². The predicted octanol–water partition coefficient (Wildman–Crippen LogP) is 2.62. The Morgan fingerprint density at radius 3 is 2.08 bits per heavy atom. The molecular weight excluding hydrogens is 160 g/mol. The Morgan fingerprint density at radius 2 is 1.92 bits per heavy atom. The molecule has 1 nitrogen and oxygen atoms in total. The molecule has 0 saturated carbocycles. The molecule has 0 radical (unpaired) electrons. The zero-order chi connectivity index (χ0) is 9.78. The van der Waals surface area contributed by atoms with E-state index in [9.17, 15) is 8.78 Å². The third kappa shape index (κ3) is 2.70. The van der Waals surface area contributed by atoms with Crippen LogP contribution in [0.5, 0.6) is 0 Å². The van der Waals surface area contributed by atoms with Gasteiger partial charge in [-0.1, -0.05) is 20.8 Å². The van der Waals surface area contributed by atoms with E-state index in [-0.39, 0.29) is 6.54 Å². The second-order valence-corrected chi connectivity index (χ2v) is 3.06. The van der Waals surface area contributed by atoms with E-state index in [2.05, 4.69) is 0 Å². The van der Waals surface area contributed by atoms with Gasteiger partial charge in [0.05, 0.1) is 6.54 Å². The van der Waals surface area contributed by atoms with Gasteiger partial charge in [-0.05, 0) is 13.5 Å². The van der Waals surface area contributed by atoms with Crippen molar-refractivity contribution in [2.24, 2.45) is 5.92 Å². The van der Waals surface area contributed by atoms with Crippen LogP contribution in [0.1, 0.15) is 27.2 Å². The first-order valence-corrected chi connectivity index (χ1v) is 4.62. The molecule has 1 aliphatic rings. The van der Waals surface area contributed by atoms with Crippen LogP contribution in [0.3, 0.4) is 0 Å². The molecular formula is C9H19F2N. The Balaban J connectivity index is 0.000000561. The summed E-state index contributed by atoms with van der Waals surface area (Å²) in [4.78, 5) is 1.69. The summed E-state index contributed by atoms with van der Waals surface area (Å²) in [6.07, 6.45) is 0.581. The van der Waals surface area contributed by atoms with Crippen molar-refractivity contribution in [3.8, 4) is 0 Å². The van der Waals surface area contributed by atoms with Gasteiger partial charge >= 0.3 is 0 Å². The van der Waals surface area contributed by atoms with E-state index in [4.69, 9.17) is 0 Å². The van der Waals surface area contributed by atoms with Gasteiger partial charge in [0.25, 0.3) is 5.92 Å². The van der Waals surface area contributed by atoms with Crippen molar-refractivity contribution in [1.29, 1.82) is 0 Å². The molecule has 0 aromatic carbocycles. The first-order chi connectivity index (χ1) is 5.56. The van der Waals surface area contributed by atoms with Crippen LogP contribution in [0.25, 0.3) is 0 Å². The number of rotatable bonds is 1. The van der Waals surface area contributed by atoms with E-state index in [0.717, 1.165) is 0 Å². The number of hydrogen-bond acceptors (Lipinski definition) is 1. The lowest BCUT2D eigenvalue weighted by Gasteiger charge is -2.14. The Kier molecular flexibility index (Phi) is 4.68. The van der Waals surface area contributed by atoms with Crippen molar-refractivity contribution >= 4 is 0 Å². The molecule has 74 valence electrons. The van der Waals surface area contributed by atoms with Crippen molar-refractivity contribution in [3.05, 3.63) is 0 Å². The number of alkyl halides is 2. The van der Waals surface area contributed by atoms with E-state index in [0.29, 0.717) is 13.0 Å². The maximum Gasteiger partial charge on any atom is 0.264 e. The monoisotopic (exact) mass is 179 g/mol. The average molecular weight is 179 g/mol. The quantitative estimate of drug-likeness (QED) is 0.598. The molecule has 0 aromatic rings. The lowest BCUT2D eigenvalue weighted by molar-refractivity contribution is -0.0268. The Hall–Kier alpha value is -0.180. The molecule has 12 heavy (non-hydrogen) atoms. The topological polar surface area (TPSA) is 3.24 Å². The fourth-order valence-corrected chi connectivity index (χ4v) is 1.49. The Morgan fingerprint density at radius 1 is 1.42 bits per heavy atom. The molecule has 0 aliphatic carbocycles. The molecule has 0 bridgehead atoms. The van der Waals surface area contributed by atoms with Gasteiger partial charge < -0.3 is 4.90 Å². The molecule has 3 heteroatoms. The molecule has 1 aliphatic heterocycles. The van der Waals surface area contributed by atoms with Crippen molar-refractivity contribution in [3.63, 3.8) is 0 Å². The molecule has 1 fully saturated rings. The summed E-state index contributed by atoms with van der Waals surface area (Å²) in [6.45, 7) is 6.30. The van der Waals surface area contributed by atoms with Crippen molar-refractivity contribution in [2.75, 3.05) is 20.1 Å². The number of halogens is 2. The Labute approximate surface area is 73.7 Å². The lowest BCUT2D eigenvalue weighted by Crippen LogP contribution is -2.26. The highest BCUT2D eigenvalue weighted by Gasteiger charge is 2.45. The summed E-state index contributed by atoms with van der Waals surface area (Å²) in [5, 5.41) is 0. The van der Waals surface area contributed by atoms with E-state index in [1.807, 2.05) is 20.8 Å². The fourth-order valence-electron chi connectivity index (χ4n) is 1.49. The van der Waals surface area contributed by atoms with E-state index in [1.54, 1.807) is 11.9 Å². The van der Waals surface area contributed by atoms with Crippen LogP contribution >= 0.6 is 0 Å². The molecule has 0 spiro atoms. The summed E-state index contributed by atoms with van der Waals surface area (Å²) in [5.41, 5.74) is 0. The van der Waals surface area contributed by atoms with Gasteiger partial charge in [0.15, 0.2) is 0 Å². The van der Waals surface area contributed by atoms with Crippen LogP contribution < -0.4 is 0 Å². The smallest absolute Gasteiger partial charge is 0.264 e. The molecule has 0 aromatic heterocycles. The third-order valence-electron chi connectivity index (χ3n) is 2.10. The predicted molar refractivity (Wildman–Crippen MR) is 47.6 cm³/mol. The lowest BCUT2D eigenvalue weighted by atomic mass is 10.0. The summed E-state index contributed by atoms with van der Waals surface area (Å²) in [6, 6.07) is 0. The first-order valence-electron chi connectivity index (χ1n) is 4.62. The fraction of sp³-hybridized carbons (Fsp3) is 1.00. The van der Waals surface area contributed by atoms with Gasteiger partial charge in [0, 0.05) is 12.5 Å². The number of hydrogen-bond donors (Lipinski definition) is 0. The molecule has 1 saturated heterocycles. The second-order valence-electron chi connectivity index (χ2n) is 3.06. The summed E-state index contributed by atoms with van der Waals surface area (Å²) < 4.78 is 25.6. The van der Waals surface area contributed by atoms with Crippen LogP contribution in [-0.4, -0.2) is 31.0 Å². The zero-order valence-corrected chi connectivity index (χ0v) is 8.40. The SMILES string of the molecule is CC.CCC1CN(C)CC1(F)F. The average Bonchev–Trinajstić information content (AvgIpc) is 2.27. The van der Waals surface area contributed by atoms with Gasteiger partial charge in [-0.25, -0.2) is 8.78 Å². The minimum atomic E-state index is -2.44. The summed E-state index contributed by atoms with van der Waals surface area (Å²) in [5.74, 6) is -2.86. The third-order valence-corrected chi connectivity index (χ3v) is 2.10. The minimum Gasteiger partial charge on any atom is -0.300 e. The molecule has 1 unspecified atom stereocenters. The highest BCUT2D eigenvalue weighted by Crippen LogP contribution is 2.33. The van der Waals surface area contributed by atoms with Crippen molar-refractivity contribution in [2.45, 2.75) is 33.1 Å². The first kappa shape index (κ1) is 11.8. The maximum atomic E-state index is 12.8. The zero-order valence-electron chi connectivity index (χ0n) is 8.40. The van der Waals surface area contributed by atoms with Crippen LogP contribution in [0.15, 0.2) is 0 Å². The van der Waals surface area contributed by atoms with Gasteiger partial charge in [0.1, 0.15) is 0 Å². The van der Waals surface area contributed by atoms with Crippen molar-refractivity contribution < 1.29 is 8.78 Å². The van der Waals surface area contributed by atoms with Crippen LogP contribution in [0.4, 0.5) is 8.78 Å². The molecule has 1 heterocycles.